The van der Waals surface area contributed by atoms with Gasteiger partial charge in [-0.15, -0.1) is 0 Å². The van der Waals surface area contributed by atoms with E-state index in [9.17, 15) is 39.5 Å². The van der Waals surface area contributed by atoms with Crippen molar-refractivity contribution in [1.82, 2.24) is 0 Å². The van der Waals surface area contributed by atoms with Gasteiger partial charge >= 0.3 is 6.11 Å². The zero-order chi connectivity index (χ0) is 29.2. The number of alkyl halides is 2. The van der Waals surface area contributed by atoms with E-state index in [2.05, 4.69) is 28.4 Å². The molecule has 0 aliphatic heterocycles. The molecule has 0 bridgehead atoms. The molecule has 40 heavy (non-hydrogen) atoms. The van der Waals surface area contributed by atoms with Crippen molar-refractivity contribution >= 4 is 0 Å². The van der Waals surface area contributed by atoms with Crippen LogP contribution in [0.3, 0.4) is 0 Å². The molecule has 4 aromatic rings. The van der Waals surface area contributed by atoms with Gasteiger partial charge in [-0.1, -0.05) is 29.7 Å². The third kappa shape index (κ3) is 6.24. The number of aryl methyl sites for hydroxylation is 1. The molecule has 0 saturated carbocycles. The van der Waals surface area contributed by atoms with Crippen LogP contribution in [0.4, 0.5) is 39.5 Å². The van der Waals surface area contributed by atoms with Gasteiger partial charge in [0.25, 0.3) is 0 Å². The molecule has 0 aromatic heterocycles. The molecular weight excluding hydrogens is 547 g/mol. The summed E-state index contributed by atoms with van der Waals surface area (Å²) in [4.78, 5) is 0. The van der Waals surface area contributed by atoms with E-state index in [1.54, 1.807) is 13.0 Å². The van der Waals surface area contributed by atoms with E-state index in [1.807, 2.05) is 0 Å². The number of halogens is 9. The van der Waals surface area contributed by atoms with Gasteiger partial charge in [0.05, 0.1) is 11.1 Å². The third-order valence-electron chi connectivity index (χ3n) is 5.31. The largest absolute Gasteiger partial charge is 0.432 e. The average Bonchev–Trinajstić information content (AvgIpc) is 2.85. The summed E-state index contributed by atoms with van der Waals surface area (Å²) in [5.74, 6) is -2.21. The van der Waals surface area contributed by atoms with Crippen LogP contribution in [0.25, 0.3) is 0 Å². The van der Waals surface area contributed by atoms with Gasteiger partial charge in [-0.25, -0.2) is 30.7 Å². The van der Waals surface area contributed by atoms with Gasteiger partial charge in [0.15, 0.2) is 17.5 Å². The van der Waals surface area contributed by atoms with Crippen LogP contribution in [0.15, 0.2) is 60.7 Å². The molecule has 0 saturated heterocycles. The molecule has 0 unspecified atom stereocenters. The lowest BCUT2D eigenvalue weighted by Crippen LogP contribution is -2.25. The Balaban J connectivity index is 1.56. The number of ether oxygens (including phenoxy) is 1. The van der Waals surface area contributed by atoms with Crippen LogP contribution in [0, 0.1) is 71.3 Å². The van der Waals surface area contributed by atoms with Crippen molar-refractivity contribution in [2.45, 2.75) is 13.0 Å². The first-order chi connectivity index (χ1) is 18.8. The topological polar surface area (TPSA) is 9.23 Å². The highest BCUT2D eigenvalue weighted by Crippen LogP contribution is 2.36. The third-order valence-corrected chi connectivity index (χ3v) is 5.31. The molecular formula is C30H13F9O. The van der Waals surface area contributed by atoms with Crippen molar-refractivity contribution in [3.63, 3.8) is 0 Å². The Morgan fingerprint density at radius 1 is 0.550 bits per heavy atom. The Kier molecular flexibility index (Phi) is 7.83. The lowest BCUT2D eigenvalue weighted by atomic mass is 10.1. The van der Waals surface area contributed by atoms with Crippen LogP contribution in [0.5, 0.6) is 5.75 Å². The van der Waals surface area contributed by atoms with Gasteiger partial charge in [-0.2, -0.15) is 8.78 Å². The minimum atomic E-state index is -4.76. The number of hydrogen-bond donors (Lipinski definition) is 0. The molecule has 0 atom stereocenters. The average molecular weight is 560 g/mol. The fourth-order valence-corrected chi connectivity index (χ4v) is 3.41. The molecule has 4 aromatic carbocycles. The Labute approximate surface area is 221 Å². The van der Waals surface area contributed by atoms with Crippen molar-refractivity contribution in [3.05, 3.63) is 135 Å². The van der Waals surface area contributed by atoms with E-state index in [4.69, 9.17) is 0 Å². The predicted octanol–water partition coefficient (Wildman–Crippen LogP) is 7.90. The minimum Gasteiger partial charge on any atom is -0.429 e. The highest BCUT2D eigenvalue weighted by Gasteiger charge is 2.41. The maximum absolute atomic E-state index is 14.5. The Bertz CT molecular complexity index is 1710. The standard InChI is InChI=1S/C30H13F9O/c1-16-2-6-19(22(31)10-16)7-3-17-4-8-20(23(32)11-17)9-5-18-12-24(33)28(25(34)13-18)30(38,39)40-21-14-26(35)29(37)27(36)15-21/h2,4,6,8,10-15H,1H3. The summed E-state index contributed by atoms with van der Waals surface area (Å²) in [6, 6.07) is 9.01. The maximum Gasteiger partial charge on any atom is 0.432 e. The van der Waals surface area contributed by atoms with Crippen LogP contribution in [0.2, 0.25) is 0 Å². The summed E-state index contributed by atoms with van der Waals surface area (Å²) < 4.78 is 130. The molecule has 0 amide bonds. The zero-order valence-corrected chi connectivity index (χ0v) is 20.1. The van der Waals surface area contributed by atoms with Gasteiger partial charge in [0, 0.05) is 23.3 Å². The van der Waals surface area contributed by atoms with Crippen molar-refractivity contribution in [1.29, 1.82) is 0 Å². The van der Waals surface area contributed by atoms with E-state index >= 15 is 0 Å². The highest BCUT2D eigenvalue weighted by molar-refractivity contribution is 5.49. The maximum atomic E-state index is 14.5. The lowest BCUT2D eigenvalue weighted by molar-refractivity contribution is -0.189. The Morgan fingerprint density at radius 3 is 1.60 bits per heavy atom. The molecule has 1 nitrogen and oxygen atoms in total. The van der Waals surface area contributed by atoms with Gasteiger partial charge in [0.1, 0.15) is 34.6 Å². The van der Waals surface area contributed by atoms with Crippen molar-refractivity contribution in [3.8, 4) is 29.4 Å². The van der Waals surface area contributed by atoms with Gasteiger partial charge in [-0.05, 0) is 55.0 Å². The monoisotopic (exact) mass is 560 g/mol. The second kappa shape index (κ2) is 11.1. The summed E-state index contributed by atoms with van der Waals surface area (Å²) in [6.45, 7) is 1.71. The van der Waals surface area contributed by atoms with Crippen LogP contribution in [0.1, 0.15) is 33.4 Å². The molecule has 0 spiro atoms. The van der Waals surface area contributed by atoms with Gasteiger partial charge < -0.3 is 4.74 Å². The first-order valence-corrected chi connectivity index (χ1v) is 11.1. The lowest BCUT2D eigenvalue weighted by Gasteiger charge is -2.19. The van der Waals surface area contributed by atoms with E-state index in [1.165, 1.54) is 24.3 Å². The second-order valence-corrected chi connectivity index (χ2v) is 8.31. The first-order valence-electron chi connectivity index (χ1n) is 11.1. The highest BCUT2D eigenvalue weighted by atomic mass is 19.3. The molecule has 0 aliphatic rings. The number of benzene rings is 4. The van der Waals surface area contributed by atoms with Crippen LogP contribution >= 0.6 is 0 Å². The van der Waals surface area contributed by atoms with E-state index < -0.39 is 63.7 Å². The van der Waals surface area contributed by atoms with Crippen molar-refractivity contribution in [2.75, 3.05) is 0 Å². The van der Waals surface area contributed by atoms with Crippen LogP contribution in [-0.2, 0) is 6.11 Å². The summed E-state index contributed by atoms with van der Waals surface area (Å²) in [5.41, 5.74) is -1.57. The van der Waals surface area contributed by atoms with Crippen molar-refractivity contribution in [2.24, 2.45) is 0 Å². The second-order valence-electron chi connectivity index (χ2n) is 8.31. The van der Waals surface area contributed by atoms with Crippen LogP contribution < -0.4 is 4.74 Å². The predicted molar refractivity (Wildman–Crippen MR) is 127 cm³/mol. The summed E-state index contributed by atoms with van der Waals surface area (Å²) in [6.07, 6.45) is -4.76. The van der Waals surface area contributed by atoms with E-state index in [0.717, 1.165) is 6.07 Å². The first kappa shape index (κ1) is 28.2. The molecule has 202 valence electrons. The van der Waals surface area contributed by atoms with Crippen molar-refractivity contribution < 1.29 is 44.3 Å². The Morgan fingerprint density at radius 2 is 1.05 bits per heavy atom. The summed E-state index contributed by atoms with van der Waals surface area (Å²) in [5, 5.41) is 0. The molecule has 0 fully saturated rings. The van der Waals surface area contributed by atoms with Gasteiger partial charge in [-0.3, -0.25) is 0 Å². The van der Waals surface area contributed by atoms with E-state index in [0.29, 0.717) is 17.7 Å². The molecule has 0 N–H and O–H groups in total. The van der Waals surface area contributed by atoms with Crippen LogP contribution in [-0.4, -0.2) is 0 Å². The fraction of sp³-hybridized carbons (Fsp3) is 0.0667. The fourth-order valence-electron chi connectivity index (χ4n) is 3.41. The summed E-state index contributed by atoms with van der Waals surface area (Å²) >= 11 is 0. The van der Waals surface area contributed by atoms with E-state index in [-0.39, 0.29) is 28.8 Å². The molecule has 0 radical (unpaired) electrons. The molecule has 0 aliphatic carbocycles. The molecule has 4 rings (SSSR count). The number of hydrogen-bond acceptors (Lipinski definition) is 1. The molecule has 0 heterocycles. The quantitative estimate of drug-likeness (QED) is 0.141. The summed E-state index contributed by atoms with van der Waals surface area (Å²) in [7, 11) is 0. The zero-order valence-electron chi connectivity index (χ0n) is 20.1. The Hall–Kier alpha value is -4.83. The molecule has 10 heteroatoms. The number of rotatable bonds is 3. The smallest absolute Gasteiger partial charge is 0.429 e. The normalized spacial score (nSPS) is 10.8. The van der Waals surface area contributed by atoms with Gasteiger partial charge in [0.2, 0.25) is 0 Å². The minimum absolute atomic E-state index is 0.0776. The SMILES string of the molecule is Cc1ccc(C#Cc2ccc(C#Cc3cc(F)c(C(F)(F)Oc4cc(F)c(F)c(F)c4)c(F)c3)c(F)c2)c(F)c1.